The summed E-state index contributed by atoms with van der Waals surface area (Å²) in [7, 11) is 3.95. The predicted molar refractivity (Wildman–Crippen MR) is 122 cm³/mol. The lowest BCUT2D eigenvalue weighted by Crippen LogP contribution is -2.35. The van der Waals surface area contributed by atoms with E-state index in [0.717, 1.165) is 15.8 Å². The van der Waals surface area contributed by atoms with Crippen LogP contribution in [-0.2, 0) is 4.79 Å². The molecular weight excluding hydrogens is 422 g/mol. The van der Waals surface area contributed by atoms with Gasteiger partial charge in [0.25, 0.3) is 5.91 Å². The lowest BCUT2D eigenvalue weighted by Gasteiger charge is -2.20. The molecule has 0 atom stereocenters. The van der Waals surface area contributed by atoms with Crippen LogP contribution in [0.25, 0.3) is 16.3 Å². The fourth-order valence-electron chi connectivity index (χ4n) is 3.03. The highest BCUT2D eigenvalue weighted by Crippen LogP contribution is 2.38. The molecule has 0 N–H and O–H groups in total. The molecule has 8 heteroatoms. The molecular formula is C22H22ClN3O3S. The predicted octanol–water partition coefficient (Wildman–Crippen LogP) is 4.33. The maximum absolute atomic E-state index is 13.1. The van der Waals surface area contributed by atoms with Gasteiger partial charge in [-0.25, -0.2) is 4.98 Å². The van der Waals surface area contributed by atoms with Crippen LogP contribution < -0.4 is 14.4 Å². The SMILES string of the molecule is CN(C)CCN(C(=O)/C=C/c1ccccc1Cl)c1nc2cc3c(cc2s1)OCCO3. The Morgan fingerprint density at radius 3 is 2.63 bits per heavy atom. The van der Waals surface area contributed by atoms with Crippen molar-refractivity contribution in [3.05, 3.63) is 53.1 Å². The number of hydrogen-bond donors (Lipinski definition) is 0. The van der Waals surface area contributed by atoms with E-state index >= 15 is 0 Å². The number of rotatable bonds is 6. The first-order chi connectivity index (χ1) is 14.5. The number of carbonyl (C=O) groups excluding carboxylic acids is 1. The third kappa shape index (κ3) is 4.59. The van der Waals surface area contributed by atoms with E-state index in [0.29, 0.717) is 48.0 Å². The largest absolute Gasteiger partial charge is 0.486 e. The summed E-state index contributed by atoms with van der Waals surface area (Å²) in [6.07, 6.45) is 3.28. The first-order valence-corrected chi connectivity index (χ1v) is 10.8. The summed E-state index contributed by atoms with van der Waals surface area (Å²) < 4.78 is 12.3. The molecule has 156 valence electrons. The summed E-state index contributed by atoms with van der Waals surface area (Å²) in [5.74, 6) is 1.26. The minimum Gasteiger partial charge on any atom is -0.486 e. The maximum Gasteiger partial charge on any atom is 0.252 e. The van der Waals surface area contributed by atoms with Crippen LogP contribution in [0.3, 0.4) is 0 Å². The summed E-state index contributed by atoms with van der Waals surface area (Å²) in [6, 6.07) is 11.2. The van der Waals surface area contributed by atoms with Gasteiger partial charge in [-0.05, 0) is 31.8 Å². The number of amides is 1. The maximum atomic E-state index is 13.1. The lowest BCUT2D eigenvalue weighted by atomic mass is 10.2. The summed E-state index contributed by atoms with van der Waals surface area (Å²) in [4.78, 5) is 21.5. The highest BCUT2D eigenvalue weighted by Gasteiger charge is 2.20. The Kier molecular flexibility index (Phi) is 6.22. The zero-order valence-electron chi connectivity index (χ0n) is 16.8. The molecule has 1 amide bonds. The molecule has 30 heavy (non-hydrogen) atoms. The summed E-state index contributed by atoms with van der Waals surface area (Å²) in [5, 5.41) is 1.25. The molecule has 0 radical (unpaired) electrons. The number of nitrogens with zero attached hydrogens (tertiary/aromatic N) is 3. The van der Waals surface area contributed by atoms with Crippen molar-refractivity contribution in [1.82, 2.24) is 9.88 Å². The Morgan fingerprint density at radius 2 is 1.90 bits per heavy atom. The Morgan fingerprint density at radius 1 is 1.17 bits per heavy atom. The molecule has 1 aliphatic heterocycles. The van der Waals surface area contributed by atoms with Crippen LogP contribution in [0.15, 0.2) is 42.5 Å². The van der Waals surface area contributed by atoms with Gasteiger partial charge in [0.05, 0.1) is 10.2 Å². The number of benzene rings is 2. The average Bonchev–Trinajstić information content (AvgIpc) is 3.13. The van der Waals surface area contributed by atoms with E-state index in [1.807, 2.05) is 49.3 Å². The number of thiazole rings is 1. The van der Waals surface area contributed by atoms with Gasteiger partial charge in [0.2, 0.25) is 0 Å². The number of aromatic nitrogens is 1. The van der Waals surface area contributed by atoms with Gasteiger partial charge in [0.15, 0.2) is 16.6 Å². The molecule has 0 aliphatic carbocycles. The van der Waals surface area contributed by atoms with Gasteiger partial charge in [-0.15, -0.1) is 0 Å². The third-order valence-electron chi connectivity index (χ3n) is 4.62. The Balaban J connectivity index is 1.64. The fraction of sp³-hybridized carbons (Fsp3) is 0.273. The van der Waals surface area contributed by atoms with Gasteiger partial charge in [-0.2, -0.15) is 0 Å². The van der Waals surface area contributed by atoms with Gasteiger partial charge < -0.3 is 14.4 Å². The standard InChI is InChI=1S/C22H22ClN3O3S/c1-25(2)9-10-26(21(27)8-7-15-5-3-4-6-16(15)23)22-24-17-13-18-19(14-20(17)30-22)29-12-11-28-18/h3-8,13-14H,9-12H2,1-2H3/b8-7+. The first kappa shape index (κ1) is 20.7. The van der Waals surface area contributed by atoms with Crippen molar-refractivity contribution in [2.24, 2.45) is 0 Å². The van der Waals surface area contributed by atoms with E-state index in [1.54, 1.807) is 23.1 Å². The van der Waals surface area contributed by atoms with Crippen molar-refractivity contribution < 1.29 is 14.3 Å². The molecule has 0 unspecified atom stereocenters. The second kappa shape index (κ2) is 9.04. The van der Waals surface area contributed by atoms with Crippen molar-refractivity contribution in [2.45, 2.75) is 0 Å². The molecule has 2 heterocycles. The molecule has 0 spiro atoms. The summed E-state index contributed by atoms with van der Waals surface area (Å²) >= 11 is 7.67. The smallest absolute Gasteiger partial charge is 0.252 e. The molecule has 0 saturated heterocycles. The number of carbonyl (C=O) groups is 1. The number of hydrogen-bond acceptors (Lipinski definition) is 6. The van der Waals surface area contributed by atoms with Crippen molar-refractivity contribution in [2.75, 3.05) is 45.3 Å². The number of fused-ring (bicyclic) bond motifs is 2. The molecule has 4 rings (SSSR count). The number of likely N-dealkylation sites (N-methyl/N-ethyl adjacent to an activating group) is 1. The molecule has 0 saturated carbocycles. The van der Waals surface area contributed by atoms with Gasteiger partial charge >= 0.3 is 0 Å². The zero-order valence-corrected chi connectivity index (χ0v) is 18.4. The highest BCUT2D eigenvalue weighted by atomic mass is 35.5. The minimum atomic E-state index is -0.145. The molecule has 1 aliphatic rings. The zero-order chi connectivity index (χ0) is 21.1. The van der Waals surface area contributed by atoms with Crippen molar-refractivity contribution in [1.29, 1.82) is 0 Å². The molecule has 6 nitrogen and oxygen atoms in total. The number of ether oxygens (including phenoxy) is 2. The van der Waals surface area contributed by atoms with Gasteiger partial charge in [-0.1, -0.05) is 41.1 Å². The molecule has 0 fully saturated rings. The summed E-state index contributed by atoms with van der Waals surface area (Å²) in [5.41, 5.74) is 1.59. The highest BCUT2D eigenvalue weighted by molar-refractivity contribution is 7.22. The Labute approximate surface area is 184 Å². The Bertz CT molecular complexity index is 1050. The second-order valence-corrected chi connectivity index (χ2v) is 8.52. The third-order valence-corrected chi connectivity index (χ3v) is 6.00. The van der Waals surface area contributed by atoms with Crippen LogP contribution >= 0.6 is 22.9 Å². The quantitative estimate of drug-likeness (QED) is 0.531. The minimum absolute atomic E-state index is 0.145. The van der Waals surface area contributed by atoms with E-state index in [4.69, 9.17) is 26.1 Å². The van der Waals surface area contributed by atoms with E-state index in [1.165, 1.54) is 11.3 Å². The van der Waals surface area contributed by atoms with Crippen LogP contribution in [0.4, 0.5) is 5.13 Å². The van der Waals surface area contributed by atoms with E-state index < -0.39 is 0 Å². The van der Waals surface area contributed by atoms with Crippen molar-refractivity contribution >= 4 is 50.3 Å². The van der Waals surface area contributed by atoms with Gasteiger partial charge in [0.1, 0.15) is 13.2 Å². The van der Waals surface area contributed by atoms with E-state index in [9.17, 15) is 4.79 Å². The van der Waals surface area contributed by atoms with Crippen LogP contribution in [0.1, 0.15) is 5.56 Å². The van der Waals surface area contributed by atoms with Gasteiger partial charge in [0, 0.05) is 36.3 Å². The normalized spacial score (nSPS) is 13.3. The lowest BCUT2D eigenvalue weighted by molar-refractivity contribution is -0.114. The second-order valence-electron chi connectivity index (χ2n) is 7.11. The Hall–Kier alpha value is -2.61. The van der Waals surface area contributed by atoms with Crippen molar-refractivity contribution in [3.63, 3.8) is 0 Å². The average molecular weight is 444 g/mol. The van der Waals surface area contributed by atoms with Crippen LogP contribution in [-0.4, -0.2) is 56.2 Å². The van der Waals surface area contributed by atoms with Crippen LogP contribution in [0.2, 0.25) is 5.02 Å². The van der Waals surface area contributed by atoms with E-state index in [2.05, 4.69) is 0 Å². The summed E-state index contributed by atoms with van der Waals surface area (Å²) in [6.45, 7) is 2.29. The molecule has 2 aromatic carbocycles. The molecule has 0 bridgehead atoms. The molecule has 3 aromatic rings. The fourth-order valence-corrected chi connectivity index (χ4v) is 4.24. The van der Waals surface area contributed by atoms with E-state index in [-0.39, 0.29) is 5.91 Å². The topological polar surface area (TPSA) is 54.9 Å². The van der Waals surface area contributed by atoms with Crippen LogP contribution in [0, 0.1) is 0 Å². The van der Waals surface area contributed by atoms with Crippen LogP contribution in [0.5, 0.6) is 11.5 Å². The molecule has 1 aromatic heterocycles. The van der Waals surface area contributed by atoms with Gasteiger partial charge in [-0.3, -0.25) is 9.69 Å². The number of halogens is 1. The number of anilines is 1. The van der Waals surface area contributed by atoms with Crippen molar-refractivity contribution in [3.8, 4) is 11.5 Å². The first-order valence-electron chi connectivity index (χ1n) is 9.60. The monoisotopic (exact) mass is 443 g/mol.